The molecule has 0 radical (unpaired) electrons. The van der Waals surface area contributed by atoms with Crippen molar-refractivity contribution >= 4 is 18.9 Å². The van der Waals surface area contributed by atoms with Crippen molar-refractivity contribution < 1.29 is 27.7 Å². The lowest BCUT2D eigenvalue weighted by atomic mass is 9.47. The molecule has 4 aliphatic rings. The van der Waals surface area contributed by atoms with Crippen LogP contribution in [-0.2, 0) is 14.1 Å². The number of rotatable bonds is 7. The van der Waals surface area contributed by atoms with Crippen molar-refractivity contribution in [3.05, 3.63) is 35.4 Å². The summed E-state index contributed by atoms with van der Waals surface area (Å²) in [5.41, 5.74) is -0.183. The Balaban J connectivity index is 1.35. The molecule has 1 aromatic rings. The first-order valence-electron chi connectivity index (χ1n) is 11.4. The molecule has 3 saturated carbocycles. The molecule has 0 unspecified atom stereocenters. The molecule has 0 spiro atoms. The Morgan fingerprint density at radius 3 is 2.66 bits per heavy atom. The largest absolute Gasteiger partial charge is 0.481 e. The maximum atomic E-state index is 13.8. The number of amides is 2. The molecule has 2 N–H and O–H groups in total. The minimum atomic E-state index is -1.24. The molecule has 9 heteroatoms. The lowest BCUT2D eigenvalue weighted by Gasteiger charge is -2.60. The predicted molar refractivity (Wildman–Crippen MR) is 116 cm³/mol. The fraction of sp³-hybridized carbons (Fsp3) is 0.652. The molecule has 6 nitrogen and oxygen atoms in total. The van der Waals surface area contributed by atoms with Crippen molar-refractivity contribution in [1.82, 2.24) is 10.6 Å². The van der Waals surface area contributed by atoms with Crippen molar-refractivity contribution in [2.45, 2.75) is 65.1 Å². The number of carbonyl (C=O) groups is 2. The van der Waals surface area contributed by atoms with E-state index in [0.717, 1.165) is 18.9 Å². The number of halogens is 2. The van der Waals surface area contributed by atoms with Crippen LogP contribution in [0, 0.1) is 34.8 Å². The van der Waals surface area contributed by atoms with Crippen LogP contribution >= 0.6 is 0 Å². The Morgan fingerprint density at radius 2 is 1.97 bits per heavy atom. The lowest BCUT2D eigenvalue weighted by Crippen LogP contribution is -2.59. The van der Waals surface area contributed by atoms with Crippen LogP contribution in [0.15, 0.2) is 18.2 Å². The lowest BCUT2D eigenvalue weighted by molar-refractivity contribution is -0.150. The van der Waals surface area contributed by atoms with E-state index in [1.54, 1.807) is 0 Å². The first-order valence-corrected chi connectivity index (χ1v) is 11.4. The van der Waals surface area contributed by atoms with E-state index in [9.17, 15) is 18.4 Å². The first-order chi connectivity index (χ1) is 15.1. The molecule has 1 saturated heterocycles. The number of hydrogen-bond acceptors (Lipinski definition) is 4. The predicted octanol–water partition coefficient (Wildman–Crippen LogP) is 3.10. The molecule has 5 rings (SSSR count). The van der Waals surface area contributed by atoms with Crippen LogP contribution in [0.3, 0.4) is 0 Å². The summed E-state index contributed by atoms with van der Waals surface area (Å²) >= 11 is 0. The Kier molecular flexibility index (Phi) is 6.33. The minimum Gasteiger partial charge on any atom is -0.404 e. The zero-order chi connectivity index (χ0) is 23.2. The molecule has 1 aromatic carbocycles. The molecule has 32 heavy (non-hydrogen) atoms. The van der Waals surface area contributed by atoms with E-state index in [-0.39, 0.29) is 36.0 Å². The second kappa shape index (κ2) is 8.74. The summed E-state index contributed by atoms with van der Waals surface area (Å²) in [4.78, 5) is 24.7. The molecular formula is C23H31BF2N2O4. The summed E-state index contributed by atoms with van der Waals surface area (Å²) < 4.78 is 39.7. The second-order valence-corrected chi connectivity index (χ2v) is 10.3. The SMILES string of the molecule is CC(C)C[C@H](NC(=O)CNC(=O)c1cccc(F)c1F)B1O[C@H]2[C@H]3C[C@@H](C[C@H]2O1)C3(C)C. The molecule has 174 valence electrons. The third-order valence-electron chi connectivity index (χ3n) is 7.43. The fourth-order valence-corrected chi connectivity index (χ4v) is 5.49. The molecule has 1 aliphatic heterocycles. The van der Waals surface area contributed by atoms with Crippen LogP contribution in [0.5, 0.6) is 0 Å². The van der Waals surface area contributed by atoms with Gasteiger partial charge in [-0.3, -0.25) is 9.59 Å². The fourth-order valence-electron chi connectivity index (χ4n) is 5.49. The van der Waals surface area contributed by atoms with Gasteiger partial charge in [0.15, 0.2) is 11.6 Å². The number of nitrogens with one attached hydrogen (secondary N) is 2. The summed E-state index contributed by atoms with van der Waals surface area (Å²) in [5, 5.41) is 5.26. The van der Waals surface area contributed by atoms with Gasteiger partial charge >= 0.3 is 7.12 Å². The van der Waals surface area contributed by atoms with E-state index in [0.29, 0.717) is 18.3 Å². The maximum Gasteiger partial charge on any atom is 0.481 e. The average Bonchev–Trinajstić information content (AvgIpc) is 3.17. The molecule has 2 amide bonds. The van der Waals surface area contributed by atoms with E-state index in [1.165, 1.54) is 12.1 Å². The van der Waals surface area contributed by atoms with Crippen molar-refractivity contribution in [1.29, 1.82) is 0 Å². The van der Waals surface area contributed by atoms with E-state index in [2.05, 4.69) is 38.3 Å². The Labute approximate surface area is 187 Å². The molecular weight excluding hydrogens is 417 g/mol. The highest BCUT2D eigenvalue weighted by Crippen LogP contribution is 2.61. The second-order valence-electron chi connectivity index (χ2n) is 10.3. The monoisotopic (exact) mass is 448 g/mol. The summed E-state index contributed by atoms with van der Waals surface area (Å²) in [6.45, 7) is 8.32. The summed E-state index contributed by atoms with van der Waals surface area (Å²) in [7, 11) is -0.539. The third kappa shape index (κ3) is 4.29. The van der Waals surface area contributed by atoms with Gasteiger partial charge in [0.25, 0.3) is 5.91 Å². The molecule has 4 fully saturated rings. The van der Waals surface area contributed by atoms with Gasteiger partial charge in [0.05, 0.1) is 30.3 Å². The van der Waals surface area contributed by atoms with Crippen LogP contribution in [0.2, 0.25) is 0 Å². The van der Waals surface area contributed by atoms with Crippen LogP contribution in [0.4, 0.5) is 8.78 Å². The summed E-state index contributed by atoms with van der Waals surface area (Å²) in [6, 6.07) is 3.34. The van der Waals surface area contributed by atoms with Gasteiger partial charge in [0.2, 0.25) is 5.91 Å². The summed E-state index contributed by atoms with van der Waals surface area (Å²) in [6.07, 6.45) is 2.89. The first kappa shape index (κ1) is 23.2. The Bertz CT molecular complexity index is 897. The van der Waals surface area contributed by atoms with Gasteiger partial charge in [0, 0.05) is 0 Å². The molecule has 2 bridgehead atoms. The normalized spacial score (nSPS) is 28.7. The quantitative estimate of drug-likeness (QED) is 0.629. The van der Waals surface area contributed by atoms with Crippen LogP contribution < -0.4 is 10.6 Å². The highest BCUT2D eigenvalue weighted by molar-refractivity contribution is 6.47. The number of benzene rings is 1. The smallest absolute Gasteiger partial charge is 0.404 e. The van der Waals surface area contributed by atoms with Gasteiger partial charge in [0.1, 0.15) is 0 Å². The number of hydrogen-bond donors (Lipinski definition) is 2. The van der Waals surface area contributed by atoms with Crippen LogP contribution in [0.25, 0.3) is 0 Å². The summed E-state index contributed by atoms with van der Waals surface area (Å²) in [5.74, 6) is -2.60. The number of carbonyl (C=O) groups excluding carboxylic acids is 2. The standard InChI is InChI=1S/C23H31BF2N2O4/c1-12(2)8-18(24-31-17-10-13-9-15(21(17)32-24)23(13,3)4)28-19(29)11-27-22(30)14-6-5-7-16(25)20(14)26/h5-7,12-13,15,17-18,21H,8-11H2,1-4H3,(H,27,30)(H,28,29)/t13-,15+,17+,18-,21-/m0/s1. The van der Waals surface area contributed by atoms with E-state index < -0.39 is 36.1 Å². The van der Waals surface area contributed by atoms with Crippen LogP contribution in [-0.4, -0.2) is 43.6 Å². The Hall–Kier alpha value is -2.00. The van der Waals surface area contributed by atoms with Gasteiger partial charge in [-0.2, -0.15) is 0 Å². The molecule has 3 aliphatic carbocycles. The van der Waals surface area contributed by atoms with Crippen molar-refractivity contribution in [3.63, 3.8) is 0 Å². The minimum absolute atomic E-state index is 0.0437. The van der Waals surface area contributed by atoms with Gasteiger partial charge in [-0.05, 0) is 54.6 Å². The highest BCUT2D eigenvalue weighted by Gasteiger charge is 2.62. The van der Waals surface area contributed by atoms with Gasteiger partial charge in [-0.15, -0.1) is 0 Å². The van der Waals surface area contributed by atoms with Crippen LogP contribution in [0.1, 0.15) is 57.3 Å². The Morgan fingerprint density at radius 1 is 1.22 bits per heavy atom. The highest BCUT2D eigenvalue weighted by atomic mass is 19.2. The zero-order valence-electron chi connectivity index (χ0n) is 19.0. The van der Waals surface area contributed by atoms with Crippen molar-refractivity contribution in [2.75, 3.05) is 6.54 Å². The maximum absolute atomic E-state index is 13.8. The topological polar surface area (TPSA) is 76.7 Å². The van der Waals surface area contributed by atoms with Gasteiger partial charge in [-0.1, -0.05) is 33.8 Å². The molecule has 1 heterocycles. The van der Waals surface area contributed by atoms with Gasteiger partial charge < -0.3 is 19.9 Å². The molecule has 0 aromatic heterocycles. The third-order valence-corrected chi connectivity index (χ3v) is 7.43. The zero-order valence-corrected chi connectivity index (χ0v) is 19.0. The van der Waals surface area contributed by atoms with Gasteiger partial charge in [-0.25, -0.2) is 8.78 Å². The van der Waals surface area contributed by atoms with Crippen molar-refractivity contribution in [3.8, 4) is 0 Å². The van der Waals surface area contributed by atoms with E-state index in [1.807, 2.05) is 0 Å². The van der Waals surface area contributed by atoms with E-state index in [4.69, 9.17) is 9.31 Å². The van der Waals surface area contributed by atoms with E-state index >= 15 is 0 Å². The van der Waals surface area contributed by atoms with Crippen molar-refractivity contribution in [2.24, 2.45) is 23.2 Å². The average molecular weight is 448 g/mol. The molecule has 5 atom stereocenters.